The summed E-state index contributed by atoms with van der Waals surface area (Å²) in [6.07, 6.45) is 2.94. The number of rotatable bonds is 4. The molecule has 0 bridgehead atoms. The standard InChI is InChI=1S/C14H22N2O2S/c1-3-12-4-5-13(19-12)14(17)16-7-6-11(18-2)8-10(16)9-15/h4-5,10-11H,3,6-9,15H2,1-2H3. The SMILES string of the molecule is CCc1ccc(C(=O)N2CCC(OC)CC2CN)s1. The van der Waals surface area contributed by atoms with Crippen LogP contribution >= 0.6 is 11.3 Å². The van der Waals surface area contributed by atoms with E-state index in [2.05, 4.69) is 6.92 Å². The fourth-order valence-electron chi connectivity index (χ4n) is 2.54. The Balaban J connectivity index is 2.09. The average molecular weight is 282 g/mol. The summed E-state index contributed by atoms with van der Waals surface area (Å²) >= 11 is 1.59. The molecule has 0 spiro atoms. The number of nitrogens with zero attached hydrogens (tertiary/aromatic N) is 1. The first kappa shape index (κ1) is 14.5. The van der Waals surface area contributed by atoms with E-state index in [9.17, 15) is 4.79 Å². The van der Waals surface area contributed by atoms with Crippen LogP contribution in [-0.2, 0) is 11.2 Å². The Bertz CT molecular complexity index is 433. The van der Waals surface area contributed by atoms with Gasteiger partial charge in [0, 0.05) is 31.1 Å². The molecular weight excluding hydrogens is 260 g/mol. The Morgan fingerprint density at radius 1 is 1.58 bits per heavy atom. The van der Waals surface area contributed by atoms with Crippen LogP contribution in [0.3, 0.4) is 0 Å². The van der Waals surface area contributed by atoms with Crippen LogP contribution in [0.1, 0.15) is 34.3 Å². The monoisotopic (exact) mass is 282 g/mol. The third-order valence-corrected chi connectivity index (χ3v) is 4.97. The summed E-state index contributed by atoms with van der Waals surface area (Å²) in [6, 6.07) is 4.07. The third-order valence-electron chi connectivity index (χ3n) is 3.75. The first-order valence-corrected chi connectivity index (χ1v) is 7.63. The van der Waals surface area contributed by atoms with Crippen molar-refractivity contribution in [3.63, 3.8) is 0 Å². The first-order chi connectivity index (χ1) is 9.19. The van der Waals surface area contributed by atoms with Crippen molar-refractivity contribution in [2.45, 2.75) is 38.3 Å². The van der Waals surface area contributed by atoms with Crippen LogP contribution in [0.25, 0.3) is 0 Å². The second-order valence-corrected chi connectivity index (χ2v) is 6.06. The lowest BCUT2D eigenvalue weighted by atomic mass is 9.99. The molecule has 1 fully saturated rings. The number of ether oxygens (including phenoxy) is 1. The normalized spacial score (nSPS) is 23.6. The van der Waals surface area contributed by atoms with Gasteiger partial charge in [-0.15, -0.1) is 11.3 Å². The van der Waals surface area contributed by atoms with Crippen LogP contribution in [0.2, 0.25) is 0 Å². The highest BCUT2D eigenvalue weighted by atomic mass is 32.1. The Hall–Kier alpha value is -0.910. The lowest BCUT2D eigenvalue weighted by Crippen LogP contribution is -2.51. The third kappa shape index (κ3) is 3.16. The van der Waals surface area contributed by atoms with Gasteiger partial charge in [-0.3, -0.25) is 4.79 Å². The maximum atomic E-state index is 12.5. The van der Waals surface area contributed by atoms with E-state index >= 15 is 0 Å². The van der Waals surface area contributed by atoms with Crippen molar-refractivity contribution in [2.24, 2.45) is 5.73 Å². The fraction of sp³-hybridized carbons (Fsp3) is 0.643. The quantitative estimate of drug-likeness (QED) is 0.917. The van der Waals surface area contributed by atoms with Gasteiger partial charge < -0.3 is 15.4 Å². The van der Waals surface area contributed by atoms with E-state index in [-0.39, 0.29) is 18.1 Å². The molecule has 0 aliphatic carbocycles. The minimum absolute atomic E-state index is 0.0957. The summed E-state index contributed by atoms with van der Waals surface area (Å²) in [6.45, 7) is 3.34. The lowest BCUT2D eigenvalue weighted by molar-refractivity contribution is 0.0141. The Labute approximate surface area is 118 Å². The molecule has 2 rings (SSSR count). The highest BCUT2D eigenvalue weighted by molar-refractivity contribution is 7.14. The van der Waals surface area contributed by atoms with E-state index < -0.39 is 0 Å². The molecule has 0 aromatic carbocycles. The maximum absolute atomic E-state index is 12.5. The van der Waals surface area contributed by atoms with Crippen molar-refractivity contribution in [2.75, 3.05) is 20.2 Å². The number of hydrogen-bond donors (Lipinski definition) is 1. The molecule has 19 heavy (non-hydrogen) atoms. The second kappa shape index (κ2) is 6.50. The molecule has 2 atom stereocenters. The molecule has 0 radical (unpaired) electrons. The summed E-state index contributed by atoms with van der Waals surface area (Å²) in [5.74, 6) is 0.120. The predicted molar refractivity (Wildman–Crippen MR) is 77.6 cm³/mol. The number of hydrogen-bond acceptors (Lipinski definition) is 4. The summed E-state index contributed by atoms with van der Waals surface area (Å²) in [7, 11) is 1.72. The Morgan fingerprint density at radius 3 is 2.95 bits per heavy atom. The van der Waals surface area contributed by atoms with Gasteiger partial charge in [0.15, 0.2) is 0 Å². The molecule has 5 heteroatoms. The maximum Gasteiger partial charge on any atom is 0.264 e. The highest BCUT2D eigenvalue weighted by Crippen LogP contribution is 2.24. The molecule has 0 saturated carbocycles. The number of carbonyl (C=O) groups excluding carboxylic acids is 1. The Kier molecular flexibility index (Phi) is 4.96. The first-order valence-electron chi connectivity index (χ1n) is 6.82. The number of piperidine rings is 1. The van der Waals surface area contributed by atoms with Gasteiger partial charge >= 0.3 is 0 Å². The molecule has 2 unspecified atom stereocenters. The van der Waals surface area contributed by atoms with Crippen molar-refractivity contribution in [1.29, 1.82) is 0 Å². The van der Waals surface area contributed by atoms with Crippen molar-refractivity contribution in [3.05, 3.63) is 21.9 Å². The summed E-state index contributed by atoms with van der Waals surface area (Å²) < 4.78 is 5.39. The van der Waals surface area contributed by atoms with E-state index in [1.165, 1.54) is 4.88 Å². The molecule has 1 aromatic heterocycles. The zero-order chi connectivity index (χ0) is 13.8. The largest absolute Gasteiger partial charge is 0.381 e. The molecule has 106 valence electrons. The minimum Gasteiger partial charge on any atom is -0.381 e. The van der Waals surface area contributed by atoms with Crippen molar-refractivity contribution in [1.82, 2.24) is 4.90 Å². The molecular formula is C14H22N2O2S. The van der Waals surface area contributed by atoms with Crippen LogP contribution in [-0.4, -0.2) is 43.2 Å². The zero-order valence-electron chi connectivity index (χ0n) is 11.6. The second-order valence-electron chi connectivity index (χ2n) is 4.89. The number of aryl methyl sites for hydroxylation is 1. The van der Waals surface area contributed by atoms with Crippen LogP contribution < -0.4 is 5.73 Å². The molecule has 1 aliphatic heterocycles. The van der Waals surface area contributed by atoms with E-state index in [0.29, 0.717) is 6.54 Å². The topological polar surface area (TPSA) is 55.6 Å². The molecule has 1 aromatic rings. The molecule has 1 aliphatic rings. The molecule has 1 amide bonds. The summed E-state index contributed by atoms with van der Waals surface area (Å²) in [4.78, 5) is 16.5. The van der Waals surface area contributed by atoms with Crippen molar-refractivity contribution >= 4 is 17.2 Å². The van der Waals surface area contributed by atoms with Gasteiger partial charge in [-0.05, 0) is 31.4 Å². The molecule has 2 heterocycles. The van der Waals surface area contributed by atoms with Gasteiger partial charge in [-0.25, -0.2) is 0 Å². The van der Waals surface area contributed by atoms with Gasteiger partial charge in [-0.1, -0.05) is 6.92 Å². The highest BCUT2D eigenvalue weighted by Gasteiger charge is 2.31. The molecule has 1 saturated heterocycles. The Morgan fingerprint density at radius 2 is 2.37 bits per heavy atom. The van der Waals surface area contributed by atoms with Gasteiger partial charge in [0.05, 0.1) is 11.0 Å². The fourth-order valence-corrected chi connectivity index (χ4v) is 3.45. The molecule has 4 nitrogen and oxygen atoms in total. The van der Waals surface area contributed by atoms with Gasteiger partial charge in [0.2, 0.25) is 0 Å². The van der Waals surface area contributed by atoms with Crippen LogP contribution in [0.5, 0.6) is 0 Å². The average Bonchev–Trinajstić information content (AvgIpc) is 2.94. The number of thiophene rings is 1. The van der Waals surface area contributed by atoms with Crippen LogP contribution in [0.15, 0.2) is 12.1 Å². The predicted octanol–water partition coefficient (Wildman–Crippen LogP) is 1.89. The summed E-state index contributed by atoms with van der Waals surface area (Å²) in [5, 5.41) is 0. The van der Waals surface area contributed by atoms with Crippen molar-refractivity contribution < 1.29 is 9.53 Å². The van der Waals surface area contributed by atoms with E-state index in [4.69, 9.17) is 10.5 Å². The van der Waals surface area contributed by atoms with Crippen LogP contribution in [0.4, 0.5) is 0 Å². The van der Waals surface area contributed by atoms with E-state index in [1.54, 1.807) is 18.4 Å². The van der Waals surface area contributed by atoms with Gasteiger partial charge in [0.25, 0.3) is 5.91 Å². The number of carbonyl (C=O) groups is 1. The number of nitrogens with two attached hydrogens (primary N) is 1. The molecule has 2 N–H and O–H groups in total. The van der Waals surface area contributed by atoms with Gasteiger partial charge in [-0.2, -0.15) is 0 Å². The zero-order valence-corrected chi connectivity index (χ0v) is 12.4. The van der Waals surface area contributed by atoms with Crippen molar-refractivity contribution in [3.8, 4) is 0 Å². The lowest BCUT2D eigenvalue weighted by Gasteiger charge is -2.38. The summed E-state index contributed by atoms with van der Waals surface area (Å²) in [5.41, 5.74) is 5.81. The minimum atomic E-state index is 0.0957. The number of likely N-dealkylation sites (tertiary alicyclic amines) is 1. The van der Waals surface area contributed by atoms with Gasteiger partial charge in [0.1, 0.15) is 0 Å². The number of amides is 1. The van der Waals surface area contributed by atoms with E-state index in [1.807, 2.05) is 17.0 Å². The smallest absolute Gasteiger partial charge is 0.264 e. The van der Waals surface area contributed by atoms with Crippen LogP contribution in [0, 0.1) is 0 Å². The van der Waals surface area contributed by atoms with E-state index in [0.717, 1.165) is 30.7 Å². The number of methoxy groups -OCH3 is 1.